The van der Waals surface area contributed by atoms with Crippen molar-refractivity contribution in [1.29, 1.82) is 0 Å². The van der Waals surface area contributed by atoms with E-state index < -0.39 is 29.0 Å². The van der Waals surface area contributed by atoms with Gasteiger partial charge in [-0.3, -0.25) is 4.79 Å². The molecular weight excluding hydrogens is 349 g/mol. The van der Waals surface area contributed by atoms with Gasteiger partial charge in [0.2, 0.25) is 5.91 Å². The molecule has 0 aliphatic heterocycles. The Kier molecular flexibility index (Phi) is 4.87. The summed E-state index contributed by atoms with van der Waals surface area (Å²) < 4.78 is 41.0. The summed E-state index contributed by atoms with van der Waals surface area (Å²) in [7, 11) is 0. The number of hydrogen-bond acceptors (Lipinski definition) is 3. The van der Waals surface area contributed by atoms with E-state index in [0.717, 1.165) is 16.8 Å². The minimum Gasteiger partial charge on any atom is -0.350 e. The molecule has 3 aromatic rings. The van der Waals surface area contributed by atoms with Gasteiger partial charge in [-0.1, -0.05) is 6.07 Å². The number of carbonyl (C=O) groups is 1. The van der Waals surface area contributed by atoms with Gasteiger partial charge in [0, 0.05) is 6.54 Å². The standard InChI is InChI=1S/C17H13F3N4O2/c18-12-2-4-13(5-3-12)23-10-22-24(17(23)26)9-16(25)21-8-11-1-6-14(19)15(20)7-11/h1-7,10H,8-9H2,(H,21,25). The Morgan fingerprint density at radius 1 is 1.04 bits per heavy atom. The lowest BCUT2D eigenvalue weighted by atomic mass is 10.2. The highest BCUT2D eigenvalue weighted by molar-refractivity contribution is 5.75. The number of nitrogens with zero attached hydrogens (tertiary/aromatic N) is 3. The summed E-state index contributed by atoms with van der Waals surface area (Å²) in [4.78, 5) is 24.2. The molecule has 1 N–H and O–H groups in total. The number of carbonyl (C=O) groups excluding carboxylic acids is 1. The molecule has 134 valence electrons. The van der Waals surface area contributed by atoms with Gasteiger partial charge < -0.3 is 5.32 Å². The smallest absolute Gasteiger partial charge is 0.350 e. The monoisotopic (exact) mass is 362 g/mol. The fourth-order valence-electron chi connectivity index (χ4n) is 2.27. The molecule has 0 bridgehead atoms. The second kappa shape index (κ2) is 7.26. The van der Waals surface area contributed by atoms with Crippen LogP contribution in [0.25, 0.3) is 5.69 Å². The molecule has 1 amide bonds. The van der Waals surface area contributed by atoms with E-state index >= 15 is 0 Å². The molecule has 0 fully saturated rings. The molecule has 0 atom stereocenters. The summed E-state index contributed by atoms with van der Waals surface area (Å²) in [5.74, 6) is -2.95. The zero-order chi connectivity index (χ0) is 18.7. The van der Waals surface area contributed by atoms with E-state index in [-0.39, 0.29) is 13.1 Å². The maximum Gasteiger partial charge on any atom is 0.350 e. The van der Waals surface area contributed by atoms with Gasteiger partial charge in [0.25, 0.3) is 0 Å². The van der Waals surface area contributed by atoms with Crippen LogP contribution in [-0.4, -0.2) is 20.3 Å². The topological polar surface area (TPSA) is 68.9 Å². The molecule has 0 saturated heterocycles. The quantitative estimate of drug-likeness (QED) is 0.752. The molecule has 1 heterocycles. The van der Waals surface area contributed by atoms with Crippen molar-refractivity contribution in [2.75, 3.05) is 0 Å². The molecule has 3 rings (SSSR count). The SMILES string of the molecule is O=C(Cn1ncn(-c2ccc(F)cc2)c1=O)NCc1ccc(F)c(F)c1. The predicted octanol–water partition coefficient (Wildman–Crippen LogP) is 1.77. The Hall–Kier alpha value is -3.36. The molecule has 9 heteroatoms. The van der Waals surface area contributed by atoms with Crippen LogP contribution in [0.4, 0.5) is 13.2 Å². The van der Waals surface area contributed by atoms with Crippen molar-refractivity contribution < 1.29 is 18.0 Å². The van der Waals surface area contributed by atoms with Gasteiger partial charge in [-0.05, 0) is 42.0 Å². The van der Waals surface area contributed by atoms with Crippen molar-refractivity contribution in [3.63, 3.8) is 0 Å². The highest BCUT2D eigenvalue weighted by Crippen LogP contribution is 2.08. The fourth-order valence-corrected chi connectivity index (χ4v) is 2.27. The van der Waals surface area contributed by atoms with Crippen LogP contribution in [0.1, 0.15) is 5.56 Å². The molecule has 0 aliphatic carbocycles. The normalized spacial score (nSPS) is 10.7. The van der Waals surface area contributed by atoms with Gasteiger partial charge in [0.15, 0.2) is 11.6 Å². The minimum atomic E-state index is -1.01. The first-order chi connectivity index (χ1) is 12.4. The van der Waals surface area contributed by atoms with Crippen LogP contribution in [0, 0.1) is 17.5 Å². The van der Waals surface area contributed by atoms with E-state index in [9.17, 15) is 22.8 Å². The summed E-state index contributed by atoms with van der Waals surface area (Å²) in [6.07, 6.45) is 1.22. The molecular formula is C17H13F3N4O2. The Balaban J connectivity index is 1.65. The molecule has 0 radical (unpaired) electrons. The van der Waals surface area contributed by atoms with Crippen molar-refractivity contribution in [2.45, 2.75) is 13.1 Å². The Bertz CT molecular complexity index is 996. The third kappa shape index (κ3) is 3.82. The van der Waals surface area contributed by atoms with E-state index in [2.05, 4.69) is 10.4 Å². The number of aromatic nitrogens is 3. The lowest BCUT2D eigenvalue weighted by Gasteiger charge is -2.05. The Morgan fingerprint density at radius 3 is 2.46 bits per heavy atom. The number of hydrogen-bond donors (Lipinski definition) is 1. The summed E-state index contributed by atoms with van der Waals surface area (Å²) in [5.41, 5.74) is 0.214. The Labute approximate surface area is 145 Å². The highest BCUT2D eigenvalue weighted by atomic mass is 19.2. The summed E-state index contributed by atoms with van der Waals surface area (Å²) in [5, 5.41) is 6.33. The highest BCUT2D eigenvalue weighted by Gasteiger charge is 2.11. The summed E-state index contributed by atoms with van der Waals surface area (Å²) in [6.45, 7) is -0.375. The molecule has 6 nitrogen and oxygen atoms in total. The number of rotatable bonds is 5. The van der Waals surface area contributed by atoms with Crippen molar-refractivity contribution in [1.82, 2.24) is 19.7 Å². The molecule has 1 aromatic heterocycles. The summed E-state index contributed by atoms with van der Waals surface area (Å²) in [6, 6.07) is 8.50. The molecule has 0 unspecified atom stereocenters. The predicted molar refractivity (Wildman–Crippen MR) is 86.0 cm³/mol. The van der Waals surface area contributed by atoms with Gasteiger partial charge in [-0.25, -0.2) is 27.2 Å². The van der Waals surface area contributed by atoms with Crippen LogP contribution in [0.15, 0.2) is 53.6 Å². The zero-order valence-corrected chi connectivity index (χ0v) is 13.3. The van der Waals surface area contributed by atoms with Crippen LogP contribution in [0.5, 0.6) is 0 Å². The van der Waals surface area contributed by atoms with Crippen molar-refractivity contribution in [2.24, 2.45) is 0 Å². The van der Waals surface area contributed by atoms with Crippen LogP contribution < -0.4 is 11.0 Å². The Morgan fingerprint density at radius 2 is 1.77 bits per heavy atom. The third-order valence-electron chi connectivity index (χ3n) is 3.61. The van der Waals surface area contributed by atoms with E-state index in [4.69, 9.17) is 0 Å². The lowest BCUT2D eigenvalue weighted by molar-refractivity contribution is -0.122. The van der Waals surface area contributed by atoms with Crippen LogP contribution in [-0.2, 0) is 17.9 Å². The number of halogens is 3. The number of nitrogens with one attached hydrogen (secondary N) is 1. The van der Waals surface area contributed by atoms with Gasteiger partial charge in [0.05, 0.1) is 5.69 Å². The largest absolute Gasteiger partial charge is 0.350 e. The summed E-state index contributed by atoms with van der Waals surface area (Å²) >= 11 is 0. The maximum absolute atomic E-state index is 13.1. The fraction of sp³-hybridized carbons (Fsp3) is 0.118. The van der Waals surface area contributed by atoms with Crippen molar-refractivity contribution in [3.8, 4) is 5.69 Å². The number of amides is 1. The van der Waals surface area contributed by atoms with Crippen molar-refractivity contribution in [3.05, 3.63) is 82.3 Å². The first-order valence-corrected chi connectivity index (χ1v) is 7.55. The van der Waals surface area contributed by atoms with E-state index in [0.29, 0.717) is 11.3 Å². The van der Waals surface area contributed by atoms with Gasteiger partial charge >= 0.3 is 5.69 Å². The van der Waals surface area contributed by atoms with E-state index in [1.54, 1.807) is 0 Å². The first kappa shape index (κ1) is 17.5. The maximum atomic E-state index is 13.1. The average Bonchev–Trinajstić information content (AvgIpc) is 2.97. The molecule has 26 heavy (non-hydrogen) atoms. The first-order valence-electron chi connectivity index (χ1n) is 7.55. The second-order valence-electron chi connectivity index (χ2n) is 5.44. The molecule has 0 spiro atoms. The number of benzene rings is 2. The average molecular weight is 362 g/mol. The van der Waals surface area contributed by atoms with Gasteiger partial charge in [0.1, 0.15) is 18.7 Å². The molecule has 0 aliphatic rings. The van der Waals surface area contributed by atoms with Crippen LogP contribution in [0.3, 0.4) is 0 Å². The third-order valence-corrected chi connectivity index (χ3v) is 3.61. The van der Waals surface area contributed by atoms with Crippen LogP contribution in [0.2, 0.25) is 0 Å². The minimum absolute atomic E-state index is 0.0244. The molecule has 2 aromatic carbocycles. The molecule has 0 saturated carbocycles. The van der Waals surface area contributed by atoms with Crippen molar-refractivity contribution >= 4 is 5.91 Å². The van der Waals surface area contributed by atoms with Crippen LogP contribution >= 0.6 is 0 Å². The van der Waals surface area contributed by atoms with Gasteiger partial charge in [-0.2, -0.15) is 5.10 Å². The van der Waals surface area contributed by atoms with E-state index in [1.807, 2.05) is 0 Å². The second-order valence-corrected chi connectivity index (χ2v) is 5.44. The van der Waals surface area contributed by atoms with E-state index in [1.165, 1.54) is 41.2 Å². The zero-order valence-electron chi connectivity index (χ0n) is 13.3. The lowest BCUT2D eigenvalue weighted by Crippen LogP contribution is -2.33. The van der Waals surface area contributed by atoms with Gasteiger partial charge in [-0.15, -0.1) is 0 Å².